The van der Waals surface area contributed by atoms with Gasteiger partial charge in [-0.1, -0.05) is 17.7 Å². The van der Waals surface area contributed by atoms with Crippen LogP contribution in [-0.2, 0) is 0 Å². The fourth-order valence-corrected chi connectivity index (χ4v) is 2.26. The van der Waals surface area contributed by atoms with Crippen LogP contribution in [0.15, 0.2) is 18.2 Å². The van der Waals surface area contributed by atoms with Crippen molar-refractivity contribution >= 4 is 23.3 Å². The molecule has 3 N–H and O–H groups in total. The maximum atomic E-state index is 12.0. The monoisotopic (exact) mass is 267 g/mol. The van der Waals surface area contributed by atoms with Crippen molar-refractivity contribution < 1.29 is 4.79 Å². The second-order valence-electron chi connectivity index (χ2n) is 4.73. The van der Waals surface area contributed by atoms with Crippen LogP contribution in [0.4, 0.5) is 10.5 Å². The normalized spacial score (nSPS) is 19.1. The van der Waals surface area contributed by atoms with Crippen molar-refractivity contribution in [3.8, 4) is 0 Å². The van der Waals surface area contributed by atoms with Crippen molar-refractivity contribution in [3.63, 3.8) is 0 Å². The van der Waals surface area contributed by atoms with Gasteiger partial charge in [0, 0.05) is 23.8 Å². The molecule has 0 saturated carbocycles. The van der Waals surface area contributed by atoms with Crippen LogP contribution in [0.5, 0.6) is 0 Å². The van der Waals surface area contributed by atoms with E-state index in [1.54, 1.807) is 11.0 Å². The van der Waals surface area contributed by atoms with Gasteiger partial charge in [-0.15, -0.1) is 0 Å². The van der Waals surface area contributed by atoms with Crippen LogP contribution in [0, 0.1) is 12.8 Å². The summed E-state index contributed by atoms with van der Waals surface area (Å²) >= 11 is 6.02. The number of halogens is 1. The SMILES string of the molecule is Cc1ccc(NC(=O)N2CCC(CN)C2)cc1Cl. The minimum absolute atomic E-state index is 0.0779. The fourth-order valence-electron chi connectivity index (χ4n) is 2.08. The maximum Gasteiger partial charge on any atom is 0.321 e. The molecule has 4 nitrogen and oxygen atoms in total. The minimum atomic E-state index is -0.0779. The molecule has 0 radical (unpaired) electrons. The lowest BCUT2D eigenvalue weighted by Crippen LogP contribution is -2.33. The van der Waals surface area contributed by atoms with E-state index in [0.29, 0.717) is 17.5 Å². The molecule has 1 unspecified atom stereocenters. The van der Waals surface area contributed by atoms with E-state index < -0.39 is 0 Å². The molecule has 1 aromatic rings. The molecular formula is C13H18ClN3O. The van der Waals surface area contributed by atoms with E-state index in [9.17, 15) is 4.79 Å². The Bertz CT molecular complexity index is 450. The van der Waals surface area contributed by atoms with Crippen molar-refractivity contribution in [2.75, 3.05) is 25.0 Å². The van der Waals surface area contributed by atoms with E-state index in [-0.39, 0.29) is 6.03 Å². The smallest absolute Gasteiger partial charge is 0.321 e. The number of hydrogen-bond donors (Lipinski definition) is 2. The number of anilines is 1. The van der Waals surface area contributed by atoms with Gasteiger partial charge in [0.2, 0.25) is 0 Å². The summed E-state index contributed by atoms with van der Waals surface area (Å²) in [5.41, 5.74) is 7.34. The molecule has 1 aromatic carbocycles. The zero-order chi connectivity index (χ0) is 13.1. The van der Waals surface area contributed by atoms with Crippen LogP contribution in [0.1, 0.15) is 12.0 Å². The van der Waals surface area contributed by atoms with Crippen LogP contribution < -0.4 is 11.1 Å². The fraction of sp³-hybridized carbons (Fsp3) is 0.462. The highest BCUT2D eigenvalue weighted by molar-refractivity contribution is 6.31. The summed E-state index contributed by atoms with van der Waals surface area (Å²) in [4.78, 5) is 13.8. The van der Waals surface area contributed by atoms with Gasteiger partial charge < -0.3 is 16.0 Å². The van der Waals surface area contributed by atoms with Gasteiger partial charge in [0.05, 0.1) is 0 Å². The molecular weight excluding hydrogens is 250 g/mol. The average Bonchev–Trinajstić information content (AvgIpc) is 2.82. The van der Waals surface area contributed by atoms with Crippen molar-refractivity contribution in [1.82, 2.24) is 4.90 Å². The number of nitrogens with one attached hydrogen (secondary N) is 1. The Hall–Kier alpha value is -1.26. The lowest BCUT2D eigenvalue weighted by atomic mass is 10.1. The van der Waals surface area contributed by atoms with Gasteiger partial charge in [0.15, 0.2) is 0 Å². The van der Waals surface area contributed by atoms with Crippen molar-refractivity contribution in [2.24, 2.45) is 11.7 Å². The van der Waals surface area contributed by atoms with Gasteiger partial charge in [-0.25, -0.2) is 4.79 Å². The molecule has 1 aliphatic heterocycles. The second-order valence-corrected chi connectivity index (χ2v) is 5.14. The first-order chi connectivity index (χ1) is 8.60. The van der Waals surface area contributed by atoms with Gasteiger partial charge in [-0.3, -0.25) is 0 Å². The molecule has 0 aromatic heterocycles. The Kier molecular flexibility index (Phi) is 4.09. The van der Waals surface area contributed by atoms with Gasteiger partial charge in [-0.2, -0.15) is 0 Å². The second kappa shape index (κ2) is 5.59. The number of carbonyl (C=O) groups is 1. The molecule has 0 bridgehead atoms. The Morgan fingerprint density at radius 1 is 1.61 bits per heavy atom. The number of urea groups is 1. The van der Waals surface area contributed by atoms with E-state index >= 15 is 0 Å². The molecule has 1 heterocycles. The topological polar surface area (TPSA) is 58.4 Å². The molecule has 2 amide bonds. The van der Waals surface area contributed by atoms with Crippen LogP contribution >= 0.6 is 11.6 Å². The largest absolute Gasteiger partial charge is 0.330 e. The Morgan fingerprint density at radius 3 is 3.00 bits per heavy atom. The predicted molar refractivity (Wildman–Crippen MR) is 73.9 cm³/mol. The van der Waals surface area contributed by atoms with Crippen LogP contribution in [0.25, 0.3) is 0 Å². The molecule has 2 rings (SSSR count). The molecule has 1 saturated heterocycles. The molecule has 1 aliphatic rings. The number of benzene rings is 1. The van der Waals surface area contributed by atoms with Crippen molar-refractivity contribution in [1.29, 1.82) is 0 Å². The standard InChI is InChI=1S/C13H18ClN3O/c1-9-2-3-11(6-12(9)14)16-13(18)17-5-4-10(7-15)8-17/h2-3,6,10H,4-5,7-8,15H2,1H3,(H,16,18). The number of nitrogens with zero attached hydrogens (tertiary/aromatic N) is 1. The molecule has 5 heteroatoms. The third-order valence-electron chi connectivity index (χ3n) is 3.33. The lowest BCUT2D eigenvalue weighted by molar-refractivity contribution is 0.221. The van der Waals surface area contributed by atoms with Crippen LogP contribution in [0.3, 0.4) is 0 Å². The number of likely N-dealkylation sites (tertiary alicyclic amines) is 1. The van der Waals surface area contributed by atoms with Gasteiger partial charge in [0.1, 0.15) is 0 Å². The zero-order valence-electron chi connectivity index (χ0n) is 10.4. The number of amides is 2. The number of rotatable bonds is 2. The van der Waals surface area contributed by atoms with Gasteiger partial charge in [-0.05, 0) is 43.5 Å². The predicted octanol–water partition coefficient (Wildman–Crippen LogP) is 2.46. The van der Waals surface area contributed by atoms with Gasteiger partial charge >= 0.3 is 6.03 Å². The lowest BCUT2D eigenvalue weighted by Gasteiger charge is -2.17. The number of aryl methyl sites for hydroxylation is 1. The van der Waals surface area contributed by atoms with E-state index in [0.717, 1.165) is 30.8 Å². The zero-order valence-corrected chi connectivity index (χ0v) is 11.2. The summed E-state index contributed by atoms with van der Waals surface area (Å²) in [6, 6.07) is 5.44. The van der Waals surface area contributed by atoms with E-state index in [1.165, 1.54) is 0 Å². The number of nitrogens with two attached hydrogens (primary N) is 1. The third kappa shape index (κ3) is 2.94. The summed E-state index contributed by atoms with van der Waals surface area (Å²) in [7, 11) is 0. The highest BCUT2D eigenvalue weighted by Gasteiger charge is 2.25. The first-order valence-electron chi connectivity index (χ1n) is 6.12. The first kappa shape index (κ1) is 13.2. The molecule has 0 aliphatic carbocycles. The van der Waals surface area contributed by atoms with E-state index in [1.807, 2.05) is 19.1 Å². The molecule has 0 spiro atoms. The van der Waals surface area contributed by atoms with Crippen LogP contribution in [-0.4, -0.2) is 30.6 Å². The number of carbonyl (C=O) groups excluding carboxylic acids is 1. The van der Waals surface area contributed by atoms with E-state index in [4.69, 9.17) is 17.3 Å². The van der Waals surface area contributed by atoms with Gasteiger partial charge in [0.25, 0.3) is 0 Å². The number of hydrogen-bond acceptors (Lipinski definition) is 2. The summed E-state index contributed by atoms with van der Waals surface area (Å²) in [6.07, 6.45) is 0.985. The Labute approximate surface area is 112 Å². The molecule has 1 atom stereocenters. The first-order valence-corrected chi connectivity index (χ1v) is 6.50. The maximum absolute atomic E-state index is 12.0. The highest BCUT2D eigenvalue weighted by Crippen LogP contribution is 2.21. The van der Waals surface area contributed by atoms with E-state index in [2.05, 4.69) is 5.32 Å². The summed E-state index contributed by atoms with van der Waals surface area (Å²) in [5, 5.41) is 3.52. The van der Waals surface area contributed by atoms with Crippen LogP contribution in [0.2, 0.25) is 5.02 Å². The van der Waals surface area contributed by atoms with Crippen molar-refractivity contribution in [3.05, 3.63) is 28.8 Å². The molecule has 1 fully saturated rings. The third-order valence-corrected chi connectivity index (χ3v) is 3.74. The average molecular weight is 268 g/mol. The minimum Gasteiger partial charge on any atom is -0.330 e. The Balaban J connectivity index is 1.97. The summed E-state index contributed by atoms with van der Waals surface area (Å²) in [5.74, 6) is 0.428. The summed E-state index contributed by atoms with van der Waals surface area (Å²) in [6.45, 7) is 4.08. The molecule has 18 heavy (non-hydrogen) atoms. The Morgan fingerprint density at radius 2 is 2.39 bits per heavy atom. The van der Waals surface area contributed by atoms with Crippen molar-refractivity contribution in [2.45, 2.75) is 13.3 Å². The highest BCUT2D eigenvalue weighted by atomic mass is 35.5. The molecule has 98 valence electrons. The summed E-state index contributed by atoms with van der Waals surface area (Å²) < 4.78 is 0. The quantitative estimate of drug-likeness (QED) is 0.865.